The Kier molecular flexibility index (Phi) is 26.1. The van der Waals surface area contributed by atoms with Gasteiger partial charge in [-0.15, -0.1) is 17.9 Å². The highest BCUT2D eigenvalue weighted by Crippen LogP contribution is 2.52. The van der Waals surface area contributed by atoms with Gasteiger partial charge < -0.3 is 73.9 Å². The molecule has 7 unspecified atom stereocenters. The lowest BCUT2D eigenvalue weighted by atomic mass is 9.82. The van der Waals surface area contributed by atoms with Gasteiger partial charge in [0.2, 0.25) is 0 Å². The molecule has 0 aliphatic carbocycles. The molecule has 0 aromatic rings. The van der Waals surface area contributed by atoms with E-state index in [0.29, 0.717) is 19.3 Å². The van der Waals surface area contributed by atoms with Gasteiger partial charge in [0.05, 0.1) is 67.5 Å². The van der Waals surface area contributed by atoms with Crippen molar-refractivity contribution in [3.05, 3.63) is 85.1 Å². The van der Waals surface area contributed by atoms with Gasteiger partial charge in [-0.05, 0) is 61.2 Å². The number of hydrogen-bond acceptors (Lipinski definition) is 16. The summed E-state index contributed by atoms with van der Waals surface area (Å²) in [6.45, 7) is 13.3. The van der Waals surface area contributed by atoms with Gasteiger partial charge in [-0.1, -0.05) is 106 Å². The zero-order valence-electron chi connectivity index (χ0n) is 44.1. The van der Waals surface area contributed by atoms with E-state index in [0.717, 1.165) is 0 Å². The van der Waals surface area contributed by atoms with E-state index in [1.165, 1.54) is 7.11 Å². The van der Waals surface area contributed by atoms with Crippen LogP contribution in [0.25, 0.3) is 0 Å². The van der Waals surface area contributed by atoms with Gasteiger partial charge in [-0.2, -0.15) is 0 Å². The minimum Gasteiger partial charge on any atom is -0.481 e. The number of rotatable bonds is 6. The van der Waals surface area contributed by atoms with Crippen molar-refractivity contribution in [3.8, 4) is 0 Å². The number of hydrogen-bond donors (Lipinski definition) is 6. The third-order valence-corrected chi connectivity index (χ3v) is 17.9. The lowest BCUT2D eigenvalue weighted by Gasteiger charge is -2.48. The summed E-state index contributed by atoms with van der Waals surface area (Å²) in [7, 11) is 5.22. The number of esters is 1. The van der Waals surface area contributed by atoms with Crippen LogP contribution in [0.15, 0.2) is 85.1 Å². The molecule has 5 aliphatic rings. The monoisotopic (exact) mass is 1120 g/mol. The van der Waals surface area contributed by atoms with Crippen molar-refractivity contribution in [1.29, 1.82) is 0 Å². The van der Waals surface area contributed by atoms with Gasteiger partial charge >= 0.3 is 11.9 Å². The Bertz CT molecular complexity index is 1970. The van der Waals surface area contributed by atoms with Gasteiger partial charge in [0.25, 0.3) is 0 Å². The number of methoxy groups -OCH3 is 1. The Morgan fingerprint density at radius 1 is 0.676 bits per heavy atom. The molecule has 17 nitrogen and oxygen atoms in total. The summed E-state index contributed by atoms with van der Waals surface area (Å²) in [6, 6.07) is -1.89. The molecular formula is C53H85NO16P4. The topological polar surface area (TPSA) is 244 Å². The molecule has 74 heavy (non-hydrogen) atoms. The number of cyclic esters (lactones) is 1. The van der Waals surface area contributed by atoms with Crippen molar-refractivity contribution in [2.75, 3.05) is 20.4 Å². The predicted molar refractivity (Wildman–Crippen MR) is 293 cm³/mol. The van der Waals surface area contributed by atoms with Gasteiger partial charge in [0.1, 0.15) is 18.1 Å². The molecule has 0 saturated carbocycles. The number of carboxylic acid groups (broad SMARTS) is 1. The van der Waals surface area contributed by atoms with Crippen molar-refractivity contribution in [2.45, 2.75) is 189 Å². The Balaban J connectivity index is 1.43. The summed E-state index contributed by atoms with van der Waals surface area (Å²) in [5.74, 6) is -5.33. The Morgan fingerprint density at radius 2 is 1.24 bits per heavy atom. The van der Waals surface area contributed by atoms with E-state index in [4.69, 9.17) is 48.4 Å². The van der Waals surface area contributed by atoms with Crippen LogP contribution in [0.2, 0.25) is 0 Å². The highest BCUT2D eigenvalue weighted by Gasteiger charge is 2.53. The van der Waals surface area contributed by atoms with Crippen LogP contribution in [-0.4, -0.2) is 161 Å². The quantitative estimate of drug-likeness (QED) is 0.114. The SMILES string of the molecule is CO[C@]12C[C@@H]3C[C@@H](OC(P(C)P)O3)[C@H](O)CC[C@@H]3C[C@H](CC(=O)O[C@@H](C)[C@H](C)[C@H](O)[C@@H](C)/C=C/C=C/C=C/C=C/C=C/C=C/C=C/[C@H](O[C@@H]4O[C@H](C)[C@@H](C)[C@H](N)[C@H]4O)CC(O1)[C@H](C(=O)O)[C@@H](O)C2)OC(P(C)P)O3. The molecule has 21 heteroatoms. The summed E-state index contributed by atoms with van der Waals surface area (Å²) in [5.41, 5.74) is 6.40. The summed E-state index contributed by atoms with van der Waals surface area (Å²) >= 11 is 0. The molecule has 4 saturated heterocycles. The average molecular weight is 1120 g/mol. The molecule has 5 rings (SSSR count). The number of allylic oxidation sites excluding steroid dienone is 12. The van der Waals surface area contributed by atoms with Crippen molar-refractivity contribution >= 4 is 45.0 Å². The van der Waals surface area contributed by atoms with Crippen LogP contribution < -0.4 is 5.73 Å². The standard InChI is InChI=1S/C53H85NO16P4/c1-31-21-19-17-15-13-11-9-10-12-14-16-18-20-22-36(65-50-48(59)46(54)32(2)34(4)64-50)26-43-45(49(60)61)41(56)30-53(62-6,70-43)29-39-27-42(69-52(68-39)74(8)72)40(55)24-23-37-25-38(67-51(66-37)73(7)71)28-44(57)63-35(5)33(3)47(31)58/h9-22,31-43,45-48,50-52,55-56,58-59H,23-30,54,71-72H2,1-8H3,(H,60,61)/b10-9+,13-11+,14-12+,17-15+,18-16+,21-19+,22-20+/t31-,32+,33-,34+,35-,36-,37+,38+,39-,40+,41-,42+,43?,45+,46-,47+,48+,50-,51?,52?,53+,73?,74?/m0/s1. The number of ether oxygens (including phenoxy) is 9. The first-order valence-corrected chi connectivity index (χ1v) is 32.8. The van der Waals surface area contributed by atoms with Gasteiger partial charge in [0.15, 0.2) is 24.1 Å². The first-order valence-electron chi connectivity index (χ1n) is 25.8. The summed E-state index contributed by atoms with van der Waals surface area (Å²) in [5, 5.41) is 56.4. The summed E-state index contributed by atoms with van der Waals surface area (Å²) < 4.78 is 56.7. The van der Waals surface area contributed by atoms with E-state index in [1.54, 1.807) is 25.2 Å². The summed E-state index contributed by atoms with van der Waals surface area (Å²) in [6.07, 6.45) is 16.4. The Morgan fingerprint density at radius 3 is 1.84 bits per heavy atom. The zero-order valence-corrected chi connectivity index (χ0v) is 48.2. The minimum atomic E-state index is -1.53. The zero-order chi connectivity index (χ0) is 54.3. The van der Waals surface area contributed by atoms with Crippen molar-refractivity contribution in [1.82, 2.24) is 0 Å². The number of carbonyl (C=O) groups excluding carboxylic acids is 1. The second-order valence-electron chi connectivity index (χ2n) is 20.5. The molecule has 0 spiro atoms. The van der Waals surface area contributed by atoms with E-state index in [2.05, 4.69) is 17.9 Å². The molecule has 0 amide bonds. The minimum absolute atomic E-state index is 0.00129. The molecule has 0 radical (unpaired) electrons. The van der Waals surface area contributed by atoms with Crippen molar-refractivity contribution in [2.24, 2.45) is 29.4 Å². The second kappa shape index (κ2) is 30.6. The molecule has 4 fully saturated rings. The van der Waals surface area contributed by atoms with Crippen molar-refractivity contribution in [3.63, 3.8) is 0 Å². The highest BCUT2D eigenvalue weighted by molar-refractivity contribution is 8.13. The normalized spacial score (nSPS) is 45.8. The number of aliphatic hydroxyl groups is 4. The van der Waals surface area contributed by atoms with E-state index in [9.17, 15) is 35.1 Å². The third kappa shape index (κ3) is 18.7. The van der Waals surface area contributed by atoms with E-state index in [1.807, 2.05) is 108 Å². The van der Waals surface area contributed by atoms with Crippen molar-refractivity contribution < 1.29 is 77.8 Å². The number of nitrogens with two attached hydrogens (primary N) is 1. The van der Waals surface area contributed by atoms with Gasteiger partial charge in [0, 0.05) is 57.1 Å². The molecular weight excluding hydrogens is 1030 g/mol. The molecule has 25 atom stereocenters. The van der Waals surface area contributed by atoms with Crippen LogP contribution in [-0.2, 0) is 52.2 Å². The maximum Gasteiger partial charge on any atom is 0.311 e. The lowest BCUT2D eigenvalue weighted by Crippen LogP contribution is -2.59. The Labute approximate surface area is 445 Å². The predicted octanol–water partition coefficient (Wildman–Crippen LogP) is 7.14. The molecule has 0 aromatic carbocycles. The number of carboxylic acids is 1. The fraction of sp³-hybridized carbons (Fsp3) is 0.698. The van der Waals surface area contributed by atoms with Crippen LogP contribution >= 0.6 is 33.1 Å². The lowest BCUT2D eigenvalue weighted by molar-refractivity contribution is -0.325. The van der Waals surface area contributed by atoms with Gasteiger partial charge in [-0.3, -0.25) is 9.59 Å². The smallest absolute Gasteiger partial charge is 0.311 e. The number of aliphatic carboxylic acids is 1. The average Bonchev–Trinajstić information content (AvgIpc) is 3.35. The summed E-state index contributed by atoms with van der Waals surface area (Å²) in [4.78, 5) is 26.3. The van der Waals surface area contributed by atoms with Crippen LogP contribution in [0, 0.1) is 23.7 Å². The second-order valence-corrected chi connectivity index (χ2v) is 28.9. The largest absolute Gasteiger partial charge is 0.481 e. The molecule has 5 aliphatic heterocycles. The molecule has 5 heterocycles. The van der Waals surface area contributed by atoms with Gasteiger partial charge in [-0.25, -0.2) is 0 Å². The van der Waals surface area contributed by atoms with Crippen LogP contribution in [0.4, 0.5) is 0 Å². The number of carbonyl (C=O) groups is 2. The first-order chi connectivity index (χ1) is 35.1. The fourth-order valence-electron chi connectivity index (χ4n) is 9.81. The molecule has 0 aromatic heterocycles. The first kappa shape index (κ1) is 63.2. The van der Waals surface area contributed by atoms with E-state index in [-0.39, 0.29) is 62.1 Å². The number of fused-ring (bicyclic) bond motifs is 6. The van der Waals surface area contributed by atoms with E-state index >= 15 is 0 Å². The third-order valence-electron chi connectivity index (χ3n) is 14.6. The van der Waals surface area contributed by atoms with E-state index < -0.39 is 124 Å². The highest BCUT2D eigenvalue weighted by atomic mass is 32.0. The van der Waals surface area contributed by atoms with Crippen LogP contribution in [0.3, 0.4) is 0 Å². The molecule has 418 valence electrons. The maximum absolute atomic E-state index is 13.4. The van der Waals surface area contributed by atoms with Crippen LogP contribution in [0.5, 0.6) is 0 Å². The maximum atomic E-state index is 13.4. The van der Waals surface area contributed by atoms with Crippen LogP contribution in [0.1, 0.15) is 86.0 Å². The number of aliphatic hydroxyl groups excluding tert-OH is 4. The molecule has 6 bridgehead atoms. The molecule has 7 N–H and O–H groups in total. The fourth-order valence-corrected chi connectivity index (χ4v) is 12.1. The Hall–Kier alpha value is -1.68.